The summed E-state index contributed by atoms with van der Waals surface area (Å²) < 4.78 is 29.9. The molecule has 0 spiro atoms. The van der Waals surface area contributed by atoms with Gasteiger partial charge in [0.25, 0.3) is 0 Å². The molecule has 0 saturated carbocycles. The minimum absolute atomic E-state index is 0.0790. The van der Waals surface area contributed by atoms with Crippen LogP contribution >= 0.6 is 0 Å². The Morgan fingerprint density at radius 1 is 0.804 bits per heavy atom. The van der Waals surface area contributed by atoms with Crippen LogP contribution in [0.5, 0.6) is 0 Å². The minimum atomic E-state index is -3.36. The predicted octanol–water partition coefficient (Wildman–Crippen LogP) is 5.98. The molecule has 0 bridgehead atoms. The molecular formula is C35H33N5O5S. The van der Waals surface area contributed by atoms with Crippen molar-refractivity contribution in [2.45, 2.75) is 18.2 Å². The van der Waals surface area contributed by atoms with Crippen molar-refractivity contribution in [2.24, 2.45) is 0 Å². The minimum Gasteiger partial charge on any atom is -0.378 e. The number of ether oxygens (including phenoxy) is 1. The largest absolute Gasteiger partial charge is 0.378 e. The van der Waals surface area contributed by atoms with Gasteiger partial charge in [-0.05, 0) is 84.3 Å². The second kappa shape index (κ2) is 13.1. The number of carbonyl (C=O) groups excluding carboxylic acids is 2. The van der Waals surface area contributed by atoms with Crippen LogP contribution in [-0.2, 0) is 25.8 Å². The molecule has 11 heteroatoms. The number of hydrogen-bond donors (Lipinski definition) is 2. The number of Topliss-reactive ketones (excluding diaryl/α,β-unsaturated/α-hetero) is 1. The number of nitrogens with one attached hydrogen (secondary N) is 2. The number of sulfone groups is 1. The fraction of sp³-hybridized carbons (Fsp3) is 0.200. The molecule has 1 fully saturated rings. The van der Waals surface area contributed by atoms with E-state index in [4.69, 9.17) is 14.7 Å². The molecule has 1 saturated heterocycles. The van der Waals surface area contributed by atoms with Gasteiger partial charge in [-0.3, -0.25) is 4.79 Å². The van der Waals surface area contributed by atoms with Gasteiger partial charge in [-0.25, -0.2) is 23.2 Å². The first-order valence-corrected chi connectivity index (χ1v) is 16.7. The molecule has 234 valence electrons. The maximum absolute atomic E-state index is 12.6. The van der Waals surface area contributed by atoms with E-state index in [1.807, 2.05) is 48.5 Å². The van der Waals surface area contributed by atoms with Crippen molar-refractivity contribution in [3.05, 3.63) is 96.6 Å². The first kappa shape index (κ1) is 30.9. The van der Waals surface area contributed by atoms with Crippen molar-refractivity contribution in [2.75, 3.05) is 48.1 Å². The van der Waals surface area contributed by atoms with Gasteiger partial charge >= 0.3 is 6.03 Å². The lowest BCUT2D eigenvalue weighted by molar-refractivity contribution is -0.116. The Kier molecular flexibility index (Phi) is 8.78. The number of benzene rings is 4. The Labute approximate surface area is 267 Å². The van der Waals surface area contributed by atoms with E-state index in [1.54, 1.807) is 49.4 Å². The highest BCUT2D eigenvalue weighted by molar-refractivity contribution is 7.90. The summed E-state index contributed by atoms with van der Waals surface area (Å²) in [7, 11) is -3.36. The molecule has 4 aromatic carbocycles. The lowest BCUT2D eigenvalue weighted by Crippen LogP contribution is -2.37. The van der Waals surface area contributed by atoms with Crippen molar-refractivity contribution in [3.8, 4) is 22.5 Å². The third-order valence-corrected chi connectivity index (χ3v) is 8.76. The molecule has 0 unspecified atom stereocenters. The maximum atomic E-state index is 12.6. The number of amides is 2. The number of ketones is 1. The highest BCUT2D eigenvalue weighted by atomic mass is 32.2. The summed E-state index contributed by atoms with van der Waals surface area (Å²) in [6.45, 7) is 4.13. The van der Waals surface area contributed by atoms with E-state index in [2.05, 4.69) is 15.5 Å². The zero-order chi connectivity index (χ0) is 32.3. The van der Waals surface area contributed by atoms with Crippen LogP contribution in [0.3, 0.4) is 0 Å². The highest BCUT2D eigenvalue weighted by Crippen LogP contribution is 2.32. The number of carbonyl (C=O) groups is 2. The van der Waals surface area contributed by atoms with Crippen LogP contribution < -0.4 is 15.5 Å². The topological polar surface area (TPSA) is 131 Å². The van der Waals surface area contributed by atoms with E-state index in [9.17, 15) is 18.0 Å². The van der Waals surface area contributed by atoms with E-state index in [0.717, 1.165) is 39.0 Å². The first-order valence-electron chi connectivity index (χ1n) is 14.8. The summed E-state index contributed by atoms with van der Waals surface area (Å²) in [5, 5.41) is 6.53. The molecule has 5 aromatic rings. The standard InChI is InChI=1S/C35H33N5O5S/c1-23(41)20-24-6-11-28(12-7-24)36-35(42)37-29-13-8-25(9-14-29)33-38-32-22-27(26-4-3-5-30(21-26)46(2,43)44)10-15-31(32)34(39-33)40-16-18-45-19-17-40/h3-15,21-22H,16-20H2,1-2H3,(H2,36,37,42). The molecule has 2 heterocycles. The van der Waals surface area contributed by atoms with Gasteiger partial charge in [-0.2, -0.15) is 0 Å². The number of urea groups is 1. The molecule has 1 aliphatic rings. The molecule has 0 radical (unpaired) electrons. The first-order chi connectivity index (χ1) is 22.1. The van der Waals surface area contributed by atoms with Crippen LogP contribution in [0, 0.1) is 0 Å². The Morgan fingerprint density at radius 2 is 1.43 bits per heavy atom. The normalized spacial score (nSPS) is 13.4. The highest BCUT2D eigenvalue weighted by Gasteiger charge is 2.19. The molecule has 1 aliphatic heterocycles. The molecular weight excluding hydrogens is 602 g/mol. The number of fused-ring (bicyclic) bond motifs is 1. The summed E-state index contributed by atoms with van der Waals surface area (Å²) in [6, 6.07) is 26.8. The van der Waals surface area contributed by atoms with Crippen LogP contribution in [0.25, 0.3) is 33.4 Å². The van der Waals surface area contributed by atoms with E-state index in [1.165, 1.54) is 6.26 Å². The lowest BCUT2D eigenvalue weighted by Gasteiger charge is -2.29. The number of hydrogen-bond acceptors (Lipinski definition) is 8. The van der Waals surface area contributed by atoms with E-state index in [-0.39, 0.29) is 10.7 Å². The zero-order valence-electron chi connectivity index (χ0n) is 25.5. The van der Waals surface area contributed by atoms with Crippen LogP contribution in [0.1, 0.15) is 12.5 Å². The van der Waals surface area contributed by atoms with Gasteiger partial charge in [0.05, 0.1) is 23.6 Å². The predicted molar refractivity (Wildman–Crippen MR) is 180 cm³/mol. The van der Waals surface area contributed by atoms with Gasteiger partial charge < -0.3 is 20.3 Å². The molecule has 2 amide bonds. The van der Waals surface area contributed by atoms with Gasteiger partial charge in [0.2, 0.25) is 0 Å². The Morgan fingerprint density at radius 3 is 2.09 bits per heavy atom. The van der Waals surface area contributed by atoms with Crippen molar-refractivity contribution >= 4 is 49.7 Å². The average molecular weight is 636 g/mol. The van der Waals surface area contributed by atoms with Crippen molar-refractivity contribution in [1.29, 1.82) is 0 Å². The fourth-order valence-electron chi connectivity index (χ4n) is 5.33. The Hall–Kier alpha value is -5.13. The summed E-state index contributed by atoms with van der Waals surface area (Å²) in [6.07, 6.45) is 1.55. The van der Waals surface area contributed by atoms with Gasteiger partial charge in [0, 0.05) is 48.1 Å². The summed E-state index contributed by atoms with van der Waals surface area (Å²) in [5.74, 6) is 1.41. The molecule has 46 heavy (non-hydrogen) atoms. The number of morpholine rings is 1. The van der Waals surface area contributed by atoms with Crippen molar-refractivity contribution in [1.82, 2.24) is 9.97 Å². The number of aromatic nitrogens is 2. The van der Waals surface area contributed by atoms with Gasteiger partial charge in [-0.15, -0.1) is 0 Å². The molecule has 10 nitrogen and oxygen atoms in total. The third kappa shape index (κ3) is 7.22. The second-order valence-electron chi connectivity index (χ2n) is 11.2. The fourth-order valence-corrected chi connectivity index (χ4v) is 6.00. The van der Waals surface area contributed by atoms with E-state index in [0.29, 0.717) is 49.9 Å². The quantitative estimate of drug-likeness (QED) is 0.213. The zero-order valence-corrected chi connectivity index (χ0v) is 26.3. The van der Waals surface area contributed by atoms with Crippen molar-refractivity contribution < 1.29 is 22.7 Å². The smallest absolute Gasteiger partial charge is 0.323 e. The molecule has 0 atom stereocenters. The van der Waals surface area contributed by atoms with E-state index >= 15 is 0 Å². The molecule has 2 N–H and O–H groups in total. The summed E-state index contributed by atoms with van der Waals surface area (Å²) in [4.78, 5) is 36.3. The lowest BCUT2D eigenvalue weighted by atomic mass is 10.0. The van der Waals surface area contributed by atoms with E-state index < -0.39 is 15.9 Å². The second-order valence-corrected chi connectivity index (χ2v) is 13.3. The molecule has 6 rings (SSSR count). The van der Waals surface area contributed by atoms with Crippen LogP contribution in [0.2, 0.25) is 0 Å². The SMILES string of the molecule is CC(=O)Cc1ccc(NC(=O)Nc2ccc(-c3nc(N4CCOCC4)c4ccc(-c5cccc(S(C)(=O)=O)c5)cc4n3)cc2)cc1. The number of nitrogens with zero attached hydrogens (tertiary/aromatic N) is 3. The monoisotopic (exact) mass is 635 g/mol. The Balaban J connectivity index is 1.27. The maximum Gasteiger partial charge on any atom is 0.323 e. The average Bonchev–Trinajstić information content (AvgIpc) is 3.05. The summed E-state index contributed by atoms with van der Waals surface area (Å²) >= 11 is 0. The number of rotatable bonds is 8. The molecule has 1 aromatic heterocycles. The van der Waals surface area contributed by atoms with Gasteiger partial charge in [-0.1, -0.05) is 30.3 Å². The van der Waals surface area contributed by atoms with Crippen molar-refractivity contribution in [3.63, 3.8) is 0 Å². The van der Waals surface area contributed by atoms with Gasteiger partial charge in [0.1, 0.15) is 11.6 Å². The Bertz CT molecular complexity index is 2020. The van der Waals surface area contributed by atoms with Crippen LogP contribution in [0.4, 0.5) is 22.0 Å². The number of anilines is 3. The third-order valence-electron chi connectivity index (χ3n) is 7.65. The molecule has 0 aliphatic carbocycles. The van der Waals surface area contributed by atoms with Crippen LogP contribution in [-0.4, -0.2) is 62.8 Å². The van der Waals surface area contributed by atoms with Gasteiger partial charge in [0.15, 0.2) is 15.7 Å². The van der Waals surface area contributed by atoms with Crippen LogP contribution in [0.15, 0.2) is 95.9 Å². The summed E-state index contributed by atoms with van der Waals surface area (Å²) in [5.41, 5.74) is 5.21.